The van der Waals surface area contributed by atoms with E-state index in [1.54, 1.807) is 11.3 Å². The zero-order chi connectivity index (χ0) is 20.9. The standard InChI is InChI=1S/C21H16F2N4OS2/c22-14-9-15(23)11-16(10-14)24-20(28)13-30-21-26-25-19(12-18-7-4-8-29-18)27(21)17-5-2-1-3-6-17/h1-11H,12-13H2,(H,24,28). The number of benzene rings is 2. The van der Waals surface area contributed by atoms with Crippen LogP contribution in [0.1, 0.15) is 10.7 Å². The molecule has 0 aliphatic heterocycles. The molecular weight excluding hydrogens is 426 g/mol. The molecule has 0 bridgehead atoms. The molecule has 0 aliphatic carbocycles. The number of hydrogen-bond acceptors (Lipinski definition) is 5. The van der Waals surface area contributed by atoms with Gasteiger partial charge < -0.3 is 5.32 Å². The Kier molecular flexibility index (Phi) is 6.20. The first-order chi connectivity index (χ1) is 14.6. The summed E-state index contributed by atoms with van der Waals surface area (Å²) in [5, 5.41) is 13.7. The highest BCUT2D eigenvalue weighted by Crippen LogP contribution is 2.25. The van der Waals surface area contributed by atoms with Gasteiger partial charge in [0, 0.05) is 28.7 Å². The van der Waals surface area contributed by atoms with Gasteiger partial charge in [0.2, 0.25) is 5.91 Å². The lowest BCUT2D eigenvalue weighted by molar-refractivity contribution is -0.113. The lowest BCUT2D eigenvalue weighted by atomic mass is 10.3. The average molecular weight is 443 g/mol. The number of carbonyl (C=O) groups excluding carboxylic acids is 1. The number of rotatable bonds is 7. The highest BCUT2D eigenvalue weighted by Gasteiger charge is 2.17. The third-order valence-corrected chi connectivity index (χ3v) is 5.91. The largest absolute Gasteiger partial charge is 0.325 e. The van der Waals surface area contributed by atoms with Gasteiger partial charge in [-0.2, -0.15) is 0 Å². The van der Waals surface area contributed by atoms with Crippen LogP contribution < -0.4 is 5.32 Å². The molecule has 9 heteroatoms. The maximum absolute atomic E-state index is 13.3. The Morgan fingerprint density at radius 3 is 2.50 bits per heavy atom. The molecule has 4 aromatic rings. The maximum atomic E-state index is 13.3. The van der Waals surface area contributed by atoms with Gasteiger partial charge in [0.15, 0.2) is 5.16 Å². The summed E-state index contributed by atoms with van der Waals surface area (Å²) in [7, 11) is 0. The summed E-state index contributed by atoms with van der Waals surface area (Å²) in [5.74, 6) is -1.12. The van der Waals surface area contributed by atoms with Gasteiger partial charge in [0.1, 0.15) is 17.5 Å². The van der Waals surface area contributed by atoms with E-state index >= 15 is 0 Å². The SMILES string of the molecule is O=C(CSc1nnc(Cc2cccs2)n1-c1ccccc1)Nc1cc(F)cc(F)c1. The van der Waals surface area contributed by atoms with Gasteiger partial charge in [0.25, 0.3) is 0 Å². The van der Waals surface area contributed by atoms with E-state index in [1.165, 1.54) is 11.8 Å². The summed E-state index contributed by atoms with van der Waals surface area (Å²) in [6.07, 6.45) is 0.620. The number of anilines is 1. The third-order valence-electron chi connectivity index (χ3n) is 4.11. The number of aromatic nitrogens is 3. The molecule has 0 spiro atoms. The highest BCUT2D eigenvalue weighted by molar-refractivity contribution is 7.99. The predicted octanol–water partition coefficient (Wildman–Crippen LogP) is 4.93. The van der Waals surface area contributed by atoms with Gasteiger partial charge in [-0.3, -0.25) is 9.36 Å². The van der Waals surface area contributed by atoms with Crippen LogP contribution in [-0.2, 0) is 11.2 Å². The summed E-state index contributed by atoms with van der Waals surface area (Å²) in [6.45, 7) is 0. The molecule has 0 unspecified atom stereocenters. The van der Waals surface area contributed by atoms with Gasteiger partial charge >= 0.3 is 0 Å². The number of nitrogens with one attached hydrogen (secondary N) is 1. The van der Waals surface area contributed by atoms with Crippen LogP contribution >= 0.6 is 23.1 Å². The van der Waals surface area contributed by atoms with Gasteiger partial charge in [-0.15, -0.1) is 21.5 Å². The van der Waals surface area contributed by atoms with Crippen LogP contribution in [-0.4, -0.2) is 26.4 Å². The summed E-state index contributed by atoms with van der Waals surface area (Å²) < 4.78 is 28.5. The van der Waals surface area contributed by atoms with Crippen LogP contribution in [0, 0.1) is 11.6 Å². The quantitative estimate of drug-likeness (QED) is 0.413. The van der Waals surface area contributed by atoms with Crippen LogP contribution in [0.3, 0.4) is 0 Å². The summed E-state index contributed by atoms with van der Waals surface area (Å²) in [5.41, 5.74) is 0.963. The van der Waals surface area contributed by atoms with Crippen molar-refractivity contribution in [3.8, 4) is 5.69 Å². The van der Waals surface area contributed by atoms with Crippen molar-refractivity contribution >= 4 is 34.7 Å². The van der Waals surface area contributed by atoms with E-state index in [4.69, 9.17) is 0 Å². The van der Waals surface area contributed by atoms with Crippen molar-refractivity contribution in [1.82, 2.24) is 14.8 Å². The van der Waals surface area contributed by atoms with E-state index < -0.39 is 17.5 Å². The van der Waals surface area contributed by atoms with E-state index in [1.807, 2.05) is 52.4 Å². The Morgan fingerprint density at radius 1 is 1.03 bits per heavy atom. The van der Waals surface area contributed by atoms with Gasteiger partial charge in [-0.05, 0) is 35.7 Å². The minimum absolute atomic E-state index is 0.0160. The number of halogens is 2. The van der Waals surface area contributed by atoms with Crippen molar-refractivity contribution in [3.63, 3.8) is 0 Å². The third kappa shape index (κ3) is 4.92. The lowest BCUT2D eigenvalue weighted by Crippen LogP contribution is -2.15. The minimum Gasteiger partial charge on any atom is -0.325 e. The molecule has 0 saturated carbocycles. The molecular formula is C21H16F2N4OS2. The van der Waals surface area contributed by atoms with Crippen molar-refractivity contribution < 1.29 is 13.6 Å². The van der Waals surface area contributed by atoms with E-state index in [-0.39, 0.29) is 11.4 Å². The fraction of sp³-hybridized carbons (Fsp3) is 0.0952. The molecule has 2 aromatic carbocycles. The minimum atomic E-state index is -0.750. The number of thiophene rings is 1. The Bertz CT molecular complexity index is 1130. The molecule has 5 nitrogen and oxygen atoms in total. The molecule has 2 aromatic heterocycles. The monoisotopic (exact) mass is 442 g/mol. The molecule has 0 radical (unpaired) electrons. The van der Waals surface area contributed by atoms with E-state index in [0.717, 1.165) is 34.6 Å². The lowest BCUT2D eigenvalue weighted by Gasteiger charge is -2.10. The van der Waals surface area contributed by atoms with E-state index in [2.05, 4.69) is 15.5 Å². The van der Waals surface area contributed by atoms with E-state index in [9.17, 15) is 13.6 Å². The molecule has 0 atom stereocenters. The Hall–Kier alpha value is -3.04. The van der Waals surface area contributed by atoms with Crippen LogP contribution in [0.4, 0.5) is 14.5 Å². The number of para-hydroxylation sites is 1. The first kappa shape index (κ1) is 20.2. The topological polar surface area (TPSA) is 59.8 Å². The molecule has 1 amide bonds. The second kappa shape index (κ2) is 9.19. The number of amides is 1. The van der Waals surface area contributed by atoms with Crippen LogP contribution in [0.2, 0.25) is 0 Å². The van der Waals surface area contributed by atoms with Crippen LogP contribution in [0.25, 0.3) is 5.69 Å². The van der Waals surface area contributed by atoms with Crippen molar-refractivity contribution in [1.29, 1.82) is 0 Å². The summed E-state index contributed by atoms with van der Waals surface area (Å²) in [4.78, 5) is 13.4. The maximum Gasteiger partial charge on any atom is 0.234 e. The average Bonchev–Trinajstić information content (AvgIpc) is 3.36. The van der Waals surface area contributed by atoms with Gasteiger partial charge in [-0.25, -0.2) is 8.78 Å². The first-order valence-corrected chi connectivity index (χ1v) is 10.9. The van der Waals surface area contributed by atoms with Crippen LogP contribution in [0.5, 0.6) is 0 Å². The second-order valence-corrected chi connectivity index (χ2v) is 8.30. The number of thioether (sulfide) groups is 1. The number of carbonyl (C=O) groups is 1. The first-order valence-electron chi connectivity index (χ1n) is 8.99. The molecule has 30 heavy (non-hydrogen) atoms. The Morgan fingerprint density at radius 2 is 1.80 bits per heavy atom. The molecule has 1 N–H and O–H groups in total. The van der Waals surface area contributed by atoms with Gasteiger partial charge in [-0.1, -0.05) is 36.0 Å². The molecule has 152 valence electrons. The number of nitrogens with zero attached hydrogens (tertiary/aromatic N) is 3. The molecule has 0 fully saturated rings. The summed E-state index contributed by atoms with van der Waals surface area (Å²) >= 11 is 2.84. The Labute approximate surface area is 179 Å². The molecule has 0 saturated heterocycles. The second-order valence-electron chi connectivity index (χ2n) is 6.32. The molecule has 0 aliphatic rings. The van der Waals surface area contributed by atoms with Gasteiger partial charge in [0.05, 0.1) is 5.75 Å². The van der Waals surface area contributed by atoms with E-state index in [0.29, 0.717) is 11.6 Å². The zero-order valence-electron chi connectivity index (χ0n) is 15.6. The fourth-order valence-electron chi connectivity index (χ4n) is 2.87. The highest BCUT2D eigenvalue weighted by atomic mass is 32.2. The predicted molar refractivity (Wildman–Crippen MR) is 114 cm³/mol. The molecule has 4 rings (SSSR count). The number of hydrogen-bond donors (Lipinski definition) is 1. The molecule has 2 heterocycles. The van der Waals surface area contributed by atoms with Crippen molar-refractivity contribution in [2.24, 2.45) is 0 Å². The van der Waals surface area contributed by atoms with Crippen molar-refractivity contribution in [2.45, 2.75) is 11.6 Å². The van der Waals surface area contributed by atoms with Crippen LogP contribution in [0.15, 0.2) is 71.2 Å². The van der Waals surface area contributed by atoms with Crippen molar-refractivity contribution in [3.05, 3.63) is 88.4 Å². The van der Waals surface area contributed by atoms with Crippen molar-refractivity contribution in [2.75, 3.05) is 11.1 Å². The fourth-order valence-corrected chi connectivity index (χ4v) is 4.34. The summed E-state index contributed by atoms with van der Waals surface area (Å²) in [6, 6.07) is 16.6. The smallest absolute Gasteiger partial charge is 0.234 e. The normalized spacial score (nSPS) is 10.9. The Balaban J connectivity index is 1.52. The zero-order valence-corrected chi connectivity index (χ0v) is 17.2.